The van der Waals surface area contributed by atoms with Crippen LogP contribution in [0.5, 0.6) is 11.5 Å². The Morgan fingerprint density at radius 2 is 1.75 bits per heavy atom. The number of nitrogens with zero attached hydrogens (tertiary/aromatic N) is 1. The Bertz CT molecular complexity index is 1170. The van der Waals surface area contributed by atoms with Crippen LogP contribution in [0.2, 0.25) is 5.02 Å². The molecule has 32 heavy (non-hydrogen) atoms. The third-order valence-electron chi connectivity index (χ3n) is 4.47. The Morgan fingerprint density at radius 3 is 2.41 bits per heavy atom. The third-order valence-corrected chi connectivity index (χ3v) is 5.90. The number of benzene rings is 3. The van der Waals surface area contributed by atoms with Crippen LogP contribution in [0.4, 0.5) is 15.8 Å². The van der Waals surface area contributed by atoms with E-state index in [0.717, 1.165) is 10.6 Å². The predicted octanol–water partition coefficient (Wildman–Crippen LogP) is 5.46. The number of rotatable bonds is 9. The second kappa shape index (κ2) is 10.5. The molecule has 0 aliphatic rings. The van der Waals surface area contributed by atoms with Crippen molar-refractivity contribution in [2.45, 2.75) is 12.8 Å². The number of carbonyl (C=O) groups excluding carboxylic acids is 1. The van der Waals surface area contributed by atoms with Crippen molar-refractivity contribution in [3.8, 4) is 11.5 Å². The summed E-state index contributed by atoms with van der Waals surface area (Å²) in [7, 11) is -3.59. The Balaban J connectivity index is 1.64. The van der Waals surface area contributed by atoms with Gasteiger partial charge in [0.05, 0.1) is 17.6 Å². The largest absolute Gasteiger partial charge is 0.455 e. The quantitative estimate of drug-likeness (QED) is 0.445. The number of anilines is 2. The minimum absolute atomic E-state index is 0.0600. The van der Waals surface area contributed by atoms with E-state index in [1.54, 1.807) is 30.3 Å². The molecule has 0 unspecified atom stereocenters. The van der Waals surface area contributed by atoms with Crippen molar-refractivity contribution >= 4 is 38.9 Å². The Hall–Kier alpha value is -3.10. The number of halogens is 2. The Labute approximate surface area is 191 Å². The van der Waals surface area contributed by atoms with Crippen molar-refractivity contribution in [2.75, 3.05) is 22.4 Å². The van der Waals surface area contributed by atoms with Crippen molar-refractivity contribution < 1.29 is 22.3 Å². The summed E-state index contributed by atoms with van der Waals surface area (Å²) < 4.78 is 44.4. The minimum atomic E-state index is -3.59. The molecule has 3 rings (SSSR count). The van der Waals surface area contributed by atoms with Crippen LogP contribution in [0.15, 0.2) is 72.8 Å². The molecule has 1 amide bonds. The first kappa shape index (κ1) is 23.6. The molecule has 0 aliphatic heterocycles. The zero-order chi connectivity index (χ0) is 23.1. The van der Waals surface area contributed by atoms with Gasteiger partial charge in [-0.15, -0.1) is 0 Å². The summed E-state index contributed by atoms with van der Waals surface area (Å²) in [5.41, 5.74) is 0.743. The summed E-state index contributed by atoms with van der Waals surface area (Å²) in [5.74, 6) is 0.251. The zero-order valence-corrected chi connectivity index (χ0v) is 18.9. The van der Waals surface area contributed by atoms with Crippen molar-refractivity contribution in [3.63, 3.8) is 0 Å². The second-order valence-corrected chi connectivity index (χ2v) is 9.36. The van der Waals surface area contributed by atoms with Crippen LogP contribution in [0.25, 0.3) is 0 Å². The summed E-state index contributed by atoms with van der Waals surface area (Å²) in [5, 5.41) is 3.20. The van der Waals surface area contributed by atoms with E-state index in [2.05, 4.69) is 5.32 Å². The normalized spacial score (nSPS) is 11.1. The van der Waals surface area contributed by atoms with Crippen molar-refractivity contribution in [1.82, 2.24) is 0 Å². The highest BCUT2D eigenvalue weighted by Crippen LogP contribution is 2.32. The lowest BCUT2D eigenvalue weighted by atomic mass is 10.2. The molecule has 1 N–H and O–H groups in total. The molecule has 0 atom stereocenters. The van der Waals surface area contributed by atoms with Crippen LogP contribution in [0, 0.1) is 5.82 Å². The standard InChI is InChI=1S/C23H22ClFN2O4S/c1-32(29,30)27(19-12-10-18(25)11-13-19)15-5-8-23(28)26-21-16-17(24)9-14-22(21)31-20-6-3-2-4-7-20/h2-4,6-7,9-14,16H,5,8,15H2,1H3,(H,26,28). The average molecular weight is 477 g/mol. The molecule has 168 valence electrons. The SMILES string of the molecule is CS(=O)(=O)N(CCCC(=O)Nc1cc(Cl)ccc1Oc1ccccc1)c1ccc(F)cc1. The molecule has 0 saturated carbocycles. The first-order chi connectivity index (χ1) is 15.2. The van der Waals surface area contributed by atoms with E-state index in [0.29, 0.717) is 27.9 Å². The number of carbonyl (C=O) groups is 1. The molecule has 0 radical (unpaired) electrons. The fraction of sp³-hybridized carbons (Fsp3) is 0.174. The van der Waals surface area contributed by atoms with Crippen LogP contribution in [0.1, 0.15) is 12.8 Å². The van der Waals surface area contributed by atoms with E-state index in [-0.39, 0.29) is 25.3 Å². The monoisotopic (exact) mass is 476 g/mol. The lowest BCUT2D eigenvalue weighted by molar-refractivity contribution is -0.116. The van der Waals surface area contributed by atoms with Gasteiger partial charge < -0.3 is 10.1 Å². The van der Waals surface area contributed by atoms with E-state index >= 15 is 0 Å². The molecule has 9 heteroatoms. The molecule has 0 aliphatic carbocycles. The van der Waals surface area contributed by atoms with Gasteiger partial charge in [0.2, 0.25) is 15.9 Å². The molecule has 0 aromatic heterocycles. The number of amides is 1. The topological polar surface area (TPSA) is 75.7 Å². The van der Waals surface area contributed by atoms with Gasteiger partial charge in [0, 0.05) is 18.0 Å². The summed E-state index contributed by atoms with van der Waals surface area (Å²) >= 11 is 6.07. The molecule has 0 fully saturated rings. The molecular formula is C23H22ClFN2O4S. The smallest absolute Gasteiger partial charge is 0.232 e. The van der Waals surface area contributed by atoms with Gasteiger partial charge in [0.15, 0.2) is 5.75 Å². The number of hydrogen-bond acceptors (Lipinski definition) is 4. The van der Waals surface area contributed by atoms with Gasteiger partial charge in [0.1, 0.15) is 11.6 Å². The van der Waals surface area contributed by atoms with Crippen LogP contribution in [-0.4, -0.2) is 27.1 Å². The van der Waals surface area contributed by atoms with Crippen molar-refractivity contribution in [3.05, 3.63) is 83.6 Å². The average Bonchev–Trinajstić information content (AvgIpc) is 2.74. The molecule has 0 bridgehead atoms. The van der Waals surface area contributed by atoms with E-state index in [1.807, 2.05) is 18.2 Å². The minimum Gasteiger partial charge on any atom is -0.455 e. The summed E-state index contributed by atoms with van der Waals surface area (Å²) in [6, 6.07) is 19.1. The lowest BCUT2D eigenvalue weighted by Gasteiger charge is -2.22. The number of para-hydroxylation sites is 1. The maximum Gasteiger partial charge on any atom is 0.232 e. The fourth-order valence-electron chi connectivity index (χ4n) is 2.99. The maximum atomic E-state index is 13.2. The third kappa shape index (κ3) is 6.70. The highest BCUT2D eigenvalue weighted by Gasteiger charge is 2.18. The van der Waals surface area contributed by atoms with Gasteiger partial charge in [0.25, 0.3) is 0 Å². The van der Waals surface area contributed by atoms with Crippen LogP contribution in [-0.2, 0) is 14.8 Å². The van der Waals surface area contributed by atoms with Gasteiger partial charge in [-0.05, 0) is 61.0 Å². The van der Waals surface area contributed by atoms with Crippen LogP contribution < -0.4 is 14.4 Å². The number of sulfonamides is 1. The van der Waals surface area contributed by atoms with Gasteiger partial charge in [-0.2, -0.15) is 0 Å². The molecule has 3 aromatic rings. The van der Waals surface area contributed by atoms with E-state index < -0.39 is 15.8 Å². The highest BCUT2D eigenvalue weighted by atomic mass is 35.5. The number of hydrogen-bond donors (Lipinski definition) is 1. The maximum absolute atomic E-state index is 13.2. The van der Waals surface area contributed by atoms with E-state index in [4.69, 9.17) is 16.3 Å². The first-order valence-corrected chi connectivity index (χ1v) is 12.0. The first-order valence-electron chi connectivity index (χ1n) is 9.78. The number of ether oxygens (including phenoxy) is 1. The van der Waals surface area contributed by atoms with Gasteiger partial charge in [-0.25, -0.2) is 12.8 Å². The van der Waals surface area contributed by atoms with Crippen molar-refractivity contribution in [2.24, 2.45) is 0 Å². The Morgan fingerprint density at radius 1 is 1.06 bits per heavy atom. The van der Waals surface area contributed by atoms with Crippen molar-refractivity contribution in [1.29, 1.82) is 0 Å². The summed E-state index contributed by atoms with van der Waals surface area (Å²) in [4.78, 5) is 12.5. The van der Waals surface area contributed by atoms with Gasteiger partial charge >= 0.3 is 0 Å². The molecule has 0 spiro atoms. The van der Waals surface area contributed by atoms with E-state index in [9.17, 15) is 17.6 Å². The number of nitrogens with one attached hydrogen (secondary N) is 1. The Kier molecular flexibility index (Phi) is 7.71. The summed E-state index contributed by atoms with van der Waals surface area (Å²) in [6.45, 7) is 0.0702. The van der Waals surface area contributed by atoms with Crippen LogP contribution >= 0.6 is 11.6 Å². The highest BCUT2D eigenvalue weighted by molar-refractivity contribution is 7.92. The molecular weight excluding hydrogens is 455 g/mol. The second-order valence-electron chi connectivity index (χ2n) is 7.02. The van der Waals surface area contributed by atoms with Crippen LogP contribution in [0.3, 0.4) is 0 Å². The lowest BCUT2D eigenvalue weighted by Crippen LogP contribution is -2.31. The molecule has 0 saturated heterocycles. The van der Waals surface area contributed by atoms with Gasteiger partial charge in [-0.3, -0.25) is 9.10 Å². The predicted molar refractivity (Wildman–Crippen MR) is 124 cm³/mol. The van der Waals surface area contributed by atoms with E-state index in [1.165, 1.54) is 24.3 Å². The molecule has 3 aromatic carbocycles. The van der Waals surface area contributed by atoms with Gasteiger partial charge in [-0.1, -0.05) is 29.8 Å². The fourth-order valence-corrected chi connectivity index (χ4v) is 4.13. The molecule has 6 nitrogen and oxygen atoms in total. The zero-order valence-electron chi connectivity index (χ0n) is 17.3. The molecule has 0 heterocycles. The summed E-state index contributed by atoms with van der Waals surface area (Å²) in [6.07, 6.45) is 1.38.